The summed E-state index contributed by atoms with van der Waals surface area (Å²) in [5, 5.41) is 14.8. The van der Waals surface area contributed by atoms with Crippen LogP contribution in [0.5, 0.6) is 0 Å². The second kappa shape index (κ2) is 7.12. The largest absolute Gasteiger partial charge is 0.769 e. The molecule has 0 aliphatic rings. The van der Waals surface area contributed by atoms with Crippen LogP contribution in [-0.2, 0) is 11.1 Å². The molecule has 0 aliphatic heterocycles. The molecule has 6 heteroatoms. The van der Waals surface area contributed by atoms with Gasteiger partial charge in [-0.3, -0.25) is 4.21 Å². The van der Waals surface area contributed by atoms with Crippen molar-refractivity contribution in [3.8, 4) is 0 Å². The molecule has 0 saturated heterocycles. The van der Waals surface area contributed by atoms with E-state index in [0.29, 0.717) is 0 Å². The highest BCUT2D eigenvalue weighted by Crippen LogP contribution is 1.64. The van der Waals surface area contributed by atoms with Crippen molar-refractivity contribution < 1.29 is 23.8 Å². The maximum Gasteiger partial charge on any atom is 0.503 e. The van der Waals surface area contributed by atoms with E-state index < -0.39 is 17.2 Å². The Morgan fingerprint density at radius 3 is 1.78 bits per heavy atom. The molecule has 0 saturated carbocycles. The summed E-state index contributed by atoms with van der Waals surface area (Å²) in [6.07, 6.45) is -1.83. The smallest absolute Gasteiger partial charge is 0.503 e. The first-order chi connectivity index (χ1) is 4.00. The van der Waals surface area contributed by atoms with Crippen molar-refractivity contribution in [2.24, 2.45) is 0 Å². The highest BCUT2D eigenvalue weighted by atomic mass is 32.2. The molecular formula is C3H5O5S-. The van der Waals surface area contributed by atoms with Crippen LogP contribution in [0, 0.1) is 0 Å². The van der Waals surface area contributed by atoms with Crippen LogP contribution in [-0.4, -0.2) is 25.1 Å². The van der Waals surface area contributed by atoms with Crippen LogP contribution >= 0.6 is 0 Å². The summed E-state index contributed by atoms with van der Waals surface area (Å²) >= 11 is -2.06. The lowest BCUT2D eigenvalue weighted by Crippen LogP contribution is -1.81. The highest BCUT2D eigenvalue weighted by Gasteiger charge is 1.70. The molecule has 1 unspecified atom stereocenters. The minimum atomic E-state index is -2.06. The maximum atomic E-state index is 9.25. The van der Waals surface area contributed by atoms with Gasteiger partial charge >= 0.3 is 6.16 Å². The third-order valence-electron chi connectivity index (χ3n) is 0.136. The molecule has 0 bridgehead atoms. The van der Waals surface area contributed by atoms with E-state index in [9.17, 15) is 8.76 Å². The zero-order valence-corrected chi connectivity index (χ0v) is 5.13. The summed E-state index contributed by atoms with van der Waals surface area (Å²) in [6, 6.07) is 0. The molecule has 0 aromatic heterocycles. The fraction of sp³-hybridized carbons (Fsp3) is 0. The van der Waals surface area contributed by atoms with Gasteiger partial charge in [0.1, 0.15) is 0 Å². The Morgan fingerprint density at radius 2 is 1.78 bits per heavy atom. The predicted octanol–water partition coefficient (Wildman–Crippen LogP) is 0.231. The fourth-order valence-corrected chi connectivity index (χ4v) is 0. The summed E-state index contributed by atoms with van der Waals surface area (Å²) in [5.74, 6) is 0. The molecule has 54 valence electrons. The van der Waals surface area contributed by atoms with Gasteiger partial charge in [0.2, 0.25) is 0 Å². The van der Waals surface area contributed by atoms with Crippen molar-refractivity contribution in [3.05, 3.63) is 12.0 Å². The van der Waals surface area contributed by atoms with Crippen LogP contribution in [0.4, 0.5) is 4.79 Å². The molecule has 5 nitrogen and oxygen atoms in total. The normalized spacial score (nSPS) is 10.3. The zero-order valence-electron chi connectivity index (χ0n) is 4.31. The third kappa shape index (κ3) is 149. The van der Waals surface area contributed by atoms with E-state index in [1.165, 1.54) is 0 Å². The number of rotatable bonds is 1. The molecule has 0 heterocycles. The topological polar surface area (TPSA) is 97.7 Å². The minimum Gasteiger partial charge on any atom is -0.769 e. The van der Waals surface area contributed by atoms with Crippen LogP contribution < -0.4 is 0 Å². The lowest BCUT2D eigenvalue weighted by molar-refractivity contribution is 0.137. The van der Waals surface area contributed by atoms with E-state index in [1.807, 2.05) is 0 Å². The summed E-state index contributed by atoms with van der Waals surface area (Å²) in [4.78, 5) is 8.56. The standard InChI is InChI=1S/C2H4O2S.CH2O3/c1-2-5(3)4;2-1(3)4/h2H,1H2,(H,3,4);(H2,2,3,4)/p-1. The molecule has 0 aliphatic carbocycles. The SMILES string of the molecule is C=CS(=O)[O-].O=C(O)O. The number of carbonyl (C=O) groups is 1. The fourth-order valence-electron chi connectivity index (χ4n) is 0. The van der Waals surface area contributed by atoms with E-state index >= 15 is 0 Å². The summed E-state index contributed by atoms with van der Waals surface area (Å²) < 4.78 is 18.5. The number of hydrogen-bond acceptors (Lipinski definition) is 3. The Balaban J connectivity index is 0. The van der Waals surface area contributed by atoms with Crippen LogP contribution in [0.25, 0.3) is 0 Å². The molecule has 0 radical (unpaired) electrons. The first kappa shape index (κ1) is 11.0. The molecule has 9 heavy (non-hydrogen) atoms. The van der Waals surface area contributed by atoms with Crippen molar-refractivity contribution in [1.29, 1.82) is 0 Å². The van der Waals surface area contributed by atoms with Gasteiger partial charge in [-0.15, -0.1) is 0 Å². The van der Waals surface area contributed by atoms with E-state index in [-0.39, 0.29) is 0 Å². The quantitative estimate of drug-likeness (QED) is 0.525. The molecule has 0 spiro atoms. The van der Waals surface area contributed by atoms with Gasteiger partial charge in [0.15, 0.2) is 0 Å². The lowest BCUT2D eigenvalue weighted by atomic mass is 11.3. The van der Waals surface area contributed by atoms with Gasteiger partial charge < -0.3 is 14.8 Å². The van der Waals surface area contributed by atoms with Gasteiger partial charge in [-0.25, -0.2) is 4.79 Å². The van der Waals surface area contributed by atoms with E-state index in [2.05, 4.69) is 6.58 Å². The molecule has 2 N–H and O–H groups in total. The van der Waals surface area contributed by atoms with E-state index in [1.54, 1.807) is 0 Å². The Labute approximate surface area is 53.9 Å². The average Bonchev–Trinajstić information content (AvgIpc) is 1.65. The zero-order chi connectivity index (χ0) is 7.86. The Hall–Kier alpha value is -0.880. The summed E-state index contributed by atoms with van der Waals surface area (Å²) in [6.45, 7) is 2.95. The lowest BCUT2D eigenvalue weighted by Gasteiger charge is -1.88. The van der Waals surface area contributed by atoms with Crippen molar-refractivity contribution >= 4 is 17.2 Å². The molecule has 0 aromatic rings. The van der Waals surface area contributed by atoms with Gasteiger partial charge in [0, 0.05) is 0 Å². The van der Waals surface area contributed by atoms with Gasteiger partial charge in [-0.1, -0.05) is 6.58 Å². The highest BCUT2D eigenvalue weighted by molar-refractivity contribution is 7.82. The minimum absolute atomic E-state index is 0.833. The first-order valence-corrected chi connectivity index (χ1v) is 2.77. The third-order valence-corrected chi connectivity index (χ3v) is 0.408. The Kier molecular flexibility index (Phi) is 8.69. The van der Waals surface area contributed by atoms with Crippen LogP contribution in [0.2, 0.25) is 0 Å². The molecular weight excluding hydrogens is 148 g/mol. The van der Waals surface area contributed by atoms with Crippen LogP contribution in [0.1, 0.15) is 0 Å². The van der Waals surface area contributed by atoms with Crippen LogP contribution in [0.15, 0.2) is 12.0 Å². The van der Waals surface area contributed by atoms with Gasteiger partial charge in [0.05, 0.1) is 0 Å². The van der Waals surface area contributed by atoms with Gasteiger partial charge in [-0.2, -0.15) is 0 Å². The van der Waals surface area contributed by atoms with E-state index in [0.717, 1.165) is 5.41 Å². The first-order valence-electron chi connectivity index (χ1n) is 1.63. The van der Waals surface area contributed by atoms with Crippen molar-refractivity contribution in [2.75, 3.05) is 0 Å². The predicted molar refractivity (Wildman–Crippen MR) is 29.8 cm³/mol. The Bertz CT molecular complexity index is 115. The second-order valence-electron chi connectivity index (χ2n) is 0.710. The number of hydrogen-bond donors (Lipinski definition) is 2. The van der Waals surface area contributed by atoms with E-state index in [4.69, 9.17) is 15.0 Å². The van der Waals surface area contributed by atoms with Crippen LogP contribution in [0.3, 0.4) is 0 Å². The summed E-state index contributed by atoms with van der Waals surface area (Å²) in [7, 11) is 0. The summed E-state index contributed by atoms with van der Waals surface area (Å²) in [5.41, 5.74) is 0. The molecule has 0 rings (SSSR count). The van der Waals surface area contributed by atoms with Crippen molar-refractivity contribution in [2.45, 2.75) is 0 Å². The molecule has 0 amide bonds. The van der Waals surface area contributed by atoms with Crippen molar-refractivity contribution in [1.82, 2.24) is 0 Å². The second-order valence-corrected chi connectivity index (χ2v) is 1.56. The van der Waals surface area contributed by atoms with Gasteiger partial charge in [-0.05, 0) is 16.5 Å². The number of carboxylic acid groups (broad SMARTS) is 2. The molecule has 1 atom stereocenters. The molecule has 0 fully saturated rings. The monoisotopic (exact) mass is 153 g/mol. The Morgan fingerprint density at radius 1 is 1.67 bits per heavy atom. The maximum absolute atomic E-state index is 9.25. The van der Waals surface area contributed by atoms with Crippen molar-refractivity contribution in [3.63, 3.8) is 0 Å². The molecule has 0 aromatic carbocycles. The van der Waals surface area contributed by atoms with Gasteiger partial charge in [0.25, 0.3) is 0 Å². The average molecular weight is 153 g/mol.